The summed E-state index contributed by atoms with van der Waals surface area (Å²) in [5, 5.41) is 9.92. The third-order valence-electron chi connectivity index (χ3n) is 5.70. The Bertz CT molecular complexity index is 1020. The van der Waals surface area contributed by atoms with Gasteiger partial charge in [0.1, 0.15) is 0 Å². The number of amidine groups is 1. The van der Waals surface area contributed by atoms with Crippen molar-refractivity contribution in [2.75, 3.05) is 36.5 Å². The van der Waals surface area contributed by atoms with Gasteiger partial charge in [-0.3, -0.25) is 4.79 Å². The molecule has 5 rings (SSSR count). The van der Waals surface area contributed by atoms with E-state index in [0.717, 1.165) is 55.0 Å². The number of nitrogens with zero attached hydrogens (tertiary/aromatic N) is 4. The van der Waals surface area contributed by atoms with Crippen LogP contribution in [0, 0.1) is 0 Å². The van der Waals surface area contributed by atoms with Crippen molar-refractivity contribution in [3.63, 3.8) is 0 Å². The van der Waals surface area contributed by atoms with Gasteiger partial charge in [-0.05, 0) is 37.3 Å². The standard InChI is InChI=1S/C23H25N5O2S/c1-16(22(29)25-17-6-8-18(9-7-17)27-12-14-30-15-13-27)31-23-26-20-5-3-2-4-19(20)21-10-11-24-28(21)23/h2-9,11,16,21H,10,12-15H2,1H3,(H,25,29). The highest BCUT2D eigenvalue weighted by atomic mass is 32.2. The van der Waals surface area contributed by atoms with Crippen LogP contribution in [0.5, 0.6) is 0 Å². The first kappa shape index (κ1) is 20.1. The minimum atomic E-state index is -0.306. The number of amides is 1. The van der Waals surface area contributed by atoms with Gasteiger partial charge < -0.3 is 15.0 Å². The fourth-order valence-electron chi connectivity index (χ4n) is 4.00. The minimum absolute atomic E-state index is 0.0505. The number of thioether (sulfide) groups is 1. The molecule has 1 amide bonds. The van der Waals surface area contributed by atoms with E-state index in [9.17, 15) is 4.79 Å². The molecule has 2 aromatic rings. The van der Waals surface area contributed by atoms with Crippen molar-refractivity contribution in [1.29, 1.82) is 0 Å². The molecule has 0 radical (unpaired) electrons. The highest BCUT2D eigenvalue weighted by molar-refractivity contribution is 8.14. The molecule has 2 atom stereocenters. The Morgan fingerprint density at radius 3 is 2.74 bits per heavy atom. The molecule has 2 aromatic carbocycles. The second-order valence-electron chi connectivity index (χ2n) is 7.74. The van der Waals surface area contributed by atoms with E-state index in [4.69, 9.17) is 9.73 Å². The van der Waals surface area contributed by atoms with Crippen LogP contribution in [0.25, 0.3) is 0 Å². The molecule has 31 heavy (non-hydrogen) atoms. The minimum Gasteiger partial charge on any atom is -0.378 e. The van der Waals surface area contributed by atoms with Crippen molar-refractivity contribution in [1.82, 2.24) is 5.01 Å². The number of hydrogen-bond donors (Lipinski definition) is 1. The number of hydrogen-bond acceptors (Lipinski definition) is 7. The van der Waals surface area contributed by atoms with Gasteiger partial charge in [-0.25, -0.2) is 10.0 Å². The average Bonchev–Trinajstić information content (AvgIpc) is 3.31. The van der Waals surface area contributed by atoms with Crippen LogP contribution in [0.4, 0.5) is 17.1 Å². The van der Waals surface area contributed by atoms with Crippen LogP contribution in [0.3, 0.4) is 0 Å². The van der Waals surface area contributed by atoms with Gasteiger partial charge in [0.05, 0.1) is 30.2 Å². The number of benzene rings is 2. The molecular weight excluding hydrogens is 410 g/mol. The Hall–Kier alpha value is -2.84. The first-order chi connectivity index (χ1) is 15.2. The number of morpholine rings is 1. The van der Waals surface area contributed by atoms with Crippen molar-refractivity contribution in [3.8, 4) is 0 Å². The summed E-state index contributed by atoms with van der Waals surface area (Å²) >= 11 is 1.44. The molecule has 7 nitrogen and oxygen atoms in total. The Morgan fingerprint density at radius 2 is 1.94 bits per heavy atom. The highest BCUT2D eigenvalue weighted by Crippen LogP contribution is 2.41. The lowest BCUT2D eigenvalue weighted by Gasteiger charge is -2.30. The van der Waals surface area contributed by atoms with Crippen molar-refractivity contribution in [2.24, 2.45) is 10.1 Å². The lowest BCUT2D eigenvalue weighted by molar-refractivity contribution is -0.115. The smallest absolute Gasteiger partial charge is 0.237 e. The van der Waals surface area contributed by atoms with E-state index in [-0.39, 0.29) is 17.2 Å². The zero-order valence-electron chi connectivity index (χ0n) is 17.4. The lowest BCUT2D eigenvalue weighted by atomic mass is 10.0. The maximum absolute atomic E-state index is 12.8. The van der Waals surface area contributed by atoms with Crippen LogP contribution in [0.1, 0.15) is 24.9 Å². The van der Waals surface area contributed by atoms with Gasteiger partial charge >= 0.3 is 0 Å². The highest BCUT2D eigenvalue weighted by Gasteiger charge is 2.34. The monoisotopic (exact) mass is 435 g/mol. The third kappa shape index (κ3) is 4.18. The Labute approximate surface area is 186 Å². The summed E-state index contributed by atoms with van der Waals surface area (Å²) in [4.78, 5) is 19.9. The summed E-state index contributed by atoms with van der Waals surface area (Å²) in [5.74, 6) is -0.0505. The first-order valence-electron chi connectivity index (χ1n) is 10.6. The molecule has 0 spiro atoms. The van der Waals surface area contributed by atoms with Gasteiger partial charge in [-0.1, -0.05) is 30.0 Å². The second-order valence-corrected chi connectivity index (χ2v) is 9.05. The van der Waals surface area contributed by atoms with E-state index < -0.39 is 0 Å². The summed E-state index contributed by atoms with van der Waals surface area (Å²) in [6, 6.07) is 16.3. The predicted molar refractivity (Wildman–Crippen MR) is 126 cm³/mol. The van der Waals surface area contributed by atoms with Crippen LogP contribution in [-0.2, 0) is 9.53 Å². The zero-order chi connectivity index (χ0) is 21.2. The van der Waals surface area contributed by atoms with E-state index >= 15 is 0 Å². The van der Waals surface area contributed by atoms with E-state index in [1.165, 1.54) is 17.3 Å². The number of para-hydroxylation sites is 1. The fraction of sp³-hybridized carbons (Fsp3) is 0.348. The normalized spacial score (nSPS) is 20.7. The summed E-state index contributed by atoms with van der Waals surface area (Å²) in [5.41, 5.74) is 4.09. The average molecular weight is 436 g/mol. The largest absolute Gasteiger partial charge is 0.378 e. The van der Waals surface area contributed by atoms with Crippen LogP contribution in [-0.4, -0.2) is 53.9 Å². The Balaban J connectivity index is 1.24. The van der Waals surface area contributed by atoms with E-state index in [2.05, 4.69) is 21.4 Å². The first-order valence-corrected chi connectivity index (χ1v) is 11.5. The number of hydrazone groups is 1. The molecule has 2 unspecified atom stereocenters. The van der Waals surface area contributed by atoms with Gasteiger partial charge in [0.15, 0.2) is 5.17 Å². The number of ether oxygens (including phenoxy) is 1. The van der Waals surface area contributed by atoms with Gasteiger partial charge in [0, 0.05) is 42.7 Å². The van der Waals surface area contributed by atoms with Gasteiger partial charge in [0.25, 0.3) is 0 Å². The fourth-order valence-corrected chi connectivity index (χ4v) is 4.91. The molecule has 8 heteroatoms. The van der Waals surface area contributed by atoms with Gasteiger partial charge in [-0.2, -0.15) is 5.10 Å². The van der Waals surface area contributed by atoms with E-state index in [1.807, 2.05) is 60.6 Å². The van der Waals surface area contributed by atoms with Crippen molar-refractivity contribution < 1.29 is 9.53 Å². The number of anilines is 2. The predicted octanol–water partition coefficient (Wildman–Crippen LogP) is 4.02. The molecule has 1 fully saturated rings. The molecule has 1 N–H and O–H groups in total. The molecule has 0 bridgehead atoms. The second kappa shape index (κ2) is 8.72. The Kier molecular flexibility index (Phi) is 5.65. The quantitative estimate of drug-likeness (QED) is 0.786. The molecule has 3 aliphatic rings. The topological polar surface area (TPSA) is 69.5 Å². The zero-order valence-corrected chi connectivity index (χ0v) is 18.2. The molecule has 160 valence electrons. The molecule has 0 saturated carbocycles. The summed E-state index contributed by atoms with van der Waals surface area (Å²) < 4.78 is 5.41. The number of fused-ring (bicyclic) bond motifs is 3. The van der Waals surface area contributed by atoms with Gasteiger partial charge in [-0.15, -0.1) is 0 Å². The number of nitrogens with one attached hydrogen (secondary N) is 1. The number of carbonyl (C=O) groups excluding carboxylic acids is 1. The Morgan fingerprint density at radius 1 is 1.16 bits per heavy atom. The number of carbonyl (C=O) groups is 1. The molecule has 3 heterocycles. The SMILES string of the molecule is CC(SC1=Nc2ccccc2C2CC=NN12)C(=O)Nc1ccc(N2CCOCC2)cc1. The van der Waals surface area contributed by atoms with Crippen molar-refractivity contribution in [2.45, 2.75) is 24.6 Å². The summed E-state index contributed by atoms with van der Waals surface area (Å²) in [6.45, 7) is 5.20. The summed E-state index contributed by atoms with van der Waals surface area (Å²) in [7, 11) is 0. The number of aliphatic imine (C=N–C) groups is 1. The van der Waals surface area contributed by atoms with Crippen LogP contribution >= 0.6 is 11.8 Å². The summed E-state index contributed by atoms with van der Waals surface area (Å²) in [6.07, 6.45) is 2.77. The van der Waals surface area contributed by atoms with Crippen LogP contribution < -0.4 is 10.2 Å². The third-order valence-corrected chi connectivity index (χ3v) is 6.76. The molecule has 1 saturated heterocycles. The van der Waals surface area contributed by atoms with E-state index in [1.54, 1.807) is 0 Å². The molecule has 3 aliphatic heterocycles. The maximum Gasteiger partial charge on any atom is 0.237 e. The number of rotatable bonds is 4. The maximum atomic E-state index is 12.8. The molecule has 0 aromatic heterocycles. The van der Waals surface area contributed by atoms with E-state index in [0.29, 0.717) is 0 Å². The molecule has 0 aliphatic carbocycles. The van der Waals surface area contributed by atoms with Gasteiger partial charge in [0.2, 0.25) is 5.91 Å². The lowest BCUT2D eigenvalue weighted by Crippen LogP contribution is -2.36. The van der Waals surface area contributed by atoms with Crippen LogP contribution in [0.15, 0.2) is 58.6 Å². The molecular formula is C23H25N5O2S. The van der Waals surface area contributed by atoms with Crippen molar-refractivity contribution >= 4 is 46.1 Å². The van der Waals surface area contributed by atoms with Crippen LogP contribution in [0.2, 0.25) is 0 Å². The van der Waals surface area contributed by atoms with Crippen molar-refractivity contribution in [3.05, 3.63) is 54.1 Å².